The van der Waals surface area contributed by atoms with Crippen molar-refractivity contribution in [2.75, 3.05) is 5.32 Å². The van der Waals surface area contributed by atoms with Crippen molar-refractivity contribution >= 4 is 33.2 Å². The Kier molecular flexibility index (Phi) is 5.54. The zero-order valence-corrected chi connectivity index (χ0v) is 14.8. The van der Waals surface area contributed by atoms with Crippen molar-refractivity contribution < 1.29 is 4.74 Å². The Balaban J connectivity index is 2.14. The standard InChI is InChI=1S/C17H19BrClNO/c1-11(2)21-17-7-5-14(18)8-13(17)10-20-15-6-4-12(3)16(19)9-15/h4-9,11,20H,10H2,1-3H3. The fraction of sp³-hybridized carbons (Fsp3) is 0.294. The molecule has 1 N–H and O–H groups in total. The second kappa shape index (κ2) is 7.19. The summed E-state index contributed by atoms with van der Waals surface area (Å²) >= 11 is 9.65. The third kappa shape index (κ3) is 4.65. The van der Waals surface area contributed by atoms with Gasteiger partial charge in [0.05, 0.1) is 6.10 Å². The molecule has 0 saturated carbocycles. The first-order chi connectivity index (χ1) is 9.95. The number of halogens is 2. The molecular weight excluding hydrogens is 350 g/mol. The second-order valence-electron chi connectivity index (χ2n) is 5.24. The van der Waals surface area contributed by atoms with Gasteiger partial charge < -0.3 is 10.1 Å². The summed E-state index contributed by atoms with van der Waals surface area (Å²) in [5.41, 5.74) is 3.18. The minimum absolute atomic E-state index is 0.152. The fourth-order valence-electron chi connectivity index (χ4n) is 1.96. The number of nitrogens with one attached hydrogen (secondary N) is 1. The molecule has 0 unspecified atom stereocenters. The zero-order chi connectivity index (χ0) is 15.4. The van der Waals surface area contributed by atoms with Crippen molar-refractivity contribution in [1.82, 2.24) is 0 Å². The van der Waals surface area contributed by atoms with E-state index in [9.17, 15) is 0 Å². The van der Waals surface area contributed by atoms with E-state index in [4.69, 9.17) is 16.3 Å². The fourth-order valence-corrected chi connectivity index (χ4v) is 2.54. The molecule has 4 heteroatoms. The lowest BCUT2D eigenvalue weighted by atomic mass is 10.2. The highest BCUT2D eigenvalue weighted by atomic mass is 79.9. The first-order valence-corrected chi connectivity index (χ1v) is 8.08. The summed E-state index contributed by atoms with van der Waals surface area (Å²) in [6, 6.07) is 12.0. The number of benzene rings is 2. The van der Waals surface area contributed by atoms with E-state index >= 15 is 0 Å². The van der Waals surface area contributed by atoms with Gasteiger partial charge in [0, 0.05) is 27.3 Å². The van der Waals surface area contributed by atoms with Crippen LogP contribution in [0.3, 0.4) is 0 Å². The maximum Gasteiger partial charge on any atom is 0.124 e. The van der Waals surface area contributed by atoms with Crippen LogP contribution in [-0.2, 0) is 6.54 Å². The van der Waals surface area contributed by atoms with Crippen molar-refractivity contribution in [2.24, 2.45) is 0 Å². The van der Waals surface area contributed by atoms with Crippen molar-refractivity contribution in [1.29, 1.82) is 0 Å². The van der Waals surface area contributed by atoms with Crippen LogP contribution < -0.4 is 10.1 Å². The summed E-state index contributed by atoms with van der Waals surface area (Å²) in [5, 5.41) is 4.16. The van der Waals surface area contributed by atoms with Gasteiger partial charge in [0.15, 0.2) is 0 Å². The molecule has 0 bridgehead atoms. The van der Waals surface area contributed by atoms with Crippen LogP contribution in [0.2, 0.25) is 5.02 Å². The number of ether oxygens (including phenoxy) is 1. The number of rotatable bonds is 5. The van der Waals surface area contributed by atoms with Crippen LogP contribution in [-0.4, -0.2) is 6.10 Å². The summed E-state index contributed by atoms with van der Waals surface area (Å²) in [4.78, 5) is 0. The van der Waals surface area contributed by atoms with Crippen molar-refractivity contribution in [3.63, 3.8) is 0 Å². The molecule has 2 aromatic rings. The molecule has 112 valence electrons. The number of anilines is 1. The molecule has 0 heterocycles. The van der Waals surface area contributed by atoms with Gasteiger partial charge in [-0.05, 0) is 56.7 Å². The number of hydrogen-bond acceptors (Lipinski definition) is 2. The molecule has 0 spiro atoms. The Labute approximate surface area is 139 Å². The van der Waals surface area contributed by atoms with E-state index in [0.717, 1.165) is 32.1 Å². The molecule has 0 radical (unpaired) electrons. The molecule has 0 atom stereocenters. The van der Waals surface area contributed by atoms with Gasteiger partial charge in [-0.2, -0.15) is 0 Å². The van der Waals surface area contributed by atoms with E-state index in [2.05, 4.69) is 27.3 Å². The van der Waals surface area contributed by atoms with Gasteiger partial charge in [0.1, 0.15) is 5.75 Å². The van der Waals surface area contributed by atoms with Gasteiger partial charge in [0.2, 0.25) is 0 Å². The molecule has 0 saturated heterocycles. The molecule has 2 rings (SSSR count). The van der Waals surface area contributed by atoms with Crippen LogP contribution in [0.1, 0.15) is 25.0 Å². The monoisotopic (exact) mass is 367 g/mol. The molecule has 0 aromatic heterocycles. The Morgan fingerprint density at radius 3 is 2.62 bits per heavy atom. The Morgan fingerprint density at radius 2 is 1.95 bits per heavy atom. The van der Waals surface area contributed by atoms with E-state index in [1.54, 1.807) is 0 Å². The average molecular weight is 369 g/mol. The van der Waals surface area contributed by atoms with Crippen LogP contribution in [0, 0.1) is 6.92 Å². The lowest BCUT2D eigenvalue weighted by Gasteiger charge is -2.16. The van der Waals surface area contributed by atoms with Crippen LogP contribution in [0.25, 0.3) is 0 Å². The van der Waals surface area contributed by atoms with Gasteiger partial charge in [-0.1, -0.05) is 33.6 Å². The molecule has 21 heavy (non-hydrogen) atoms. The predicted molar refractivity (Wildman–Crippen MR) is 93.4 cm³/mol. The second-order valence-corrected chi connectivity index (χ2v) is 6.56. The van der Waals surface area contributed by atoms with Crippen LogP contribution in [0.15, 0.2) is 40.9 Å². The third-order valence-corrected chi connectivity index (χ3v) is 3.94. The van der Waals surface area contributed by atoms with Crippen LogP contribution >= 0.6 is 27.5 Å². The average Bonchev–Trinajstić information content (AvgIpc) is 2.42. The molecule has 0 aliphatic carbocycles. The summed E-state index contributed by atoms with van der Waals surface area (Å²) in [5.74, 6) is 0.902. The van der Waals surface area contributed by atoms with E-state index in [-0.39, 0.29) is 6.10 Å². The van der Waals surface area contributed by atoms with Gasteiger partial charge in [0.25, 0.3) is 0 Å². The van der Waals surface area contributed by atoms with Crippen molar-refractivity contribution in [3.8, 4) is 5.75 Å². The summed E-state index contributed by atoms with van der Waals surface area (Å²) in [7, 11) is 0. The van der Waals surface area contributed by atoms with Crippen LogP contribution in [0.4, 0.5) is 5.69 Å². The van der Waals surface area contributed by atoms with Gasteiger partial charge in [-0.3, -0.25) is 0 Å². The Bertz CT molecular complexity index is 628. The molecule has 0 aliphatic rings. The SMILES string of the molecule is Cc1ccc(NCc2cc(Br)ccc2OC(C)C)cc1Cl. The minimum atomic E-state index is 0.152. The van der Waals surface area contributed by atoms with E-state index in [1.807, 2.05) is 51.1 Å². The van der Waals surface area contributed by atoms with Gasteiger partial charge in [-0.25, -0.2) is 0 Å². The largest absolute Gasteiger partial charge is 0.491 e. The molecule has 2 nitrogen and oxygen atoms in total. The first kappa shape index (κ1) is 16.2. The maximum atomic E-state index is 6.15. The Hall–Kier alpha value is -1.19. The third-order valence-electron chi connectivity index (χ3n) is 3.04. The summed E-state index contributed by atoms with van der Waals surface area (Å²) < 4.78 is 6.88. The van der Waals surface area contributed by atoms with E-state index < -0.39 is 0 Å². The molecule has 0 aliphatic heterocycles. The summed E-state index contributed by atoms with van der Waals surface area (Å²) in [6.45, 7) is 6.73. The summed E-state index contributed by atoms with van der Waals surface area (Å²) in [6.07, 6.45) is 0.152. The smallest absolute Gasteiger partial charge is 0.124 e. The minimum Gasteiger partial charge on any atom is -0.491 e. The van der Waals surface area contributed by atoms with E-state index in [0.29, 0.717) is 6.54 Å². The quantitative estimate of drug-likeness (QED) is 0.719. The number of aryl methyl sites for hydroxylation is 1. The predicted octanol–water partition coefficient (Wildman–Crippen LogP) is 5.81. The number of hydrogen-bond donors (Lipinski definition) is 1. The van der Waals surface area contributed by atoms with Crippen molar-refractivity contribution in [3.05, 3.63) is 57.0 Å². The highest BCUT2D eigenvalue weighted by Gasteiger charge is 2.07. The Morgan fingerprint density at radius 1 is 1.19 bits per heavy atom. The highest BCUT2D eigenvalue weighted by molar-refractivity contribution is 9.10. The molecule has 2 aromatic carbocycles. The lowest BCUT2D eigenvalue weighted by Crippen LogP contribution is -2.09. The lowest BCUT2D eigenvalue weighted by molar-refractivity contribution is 0.240. The maximum absolute atomic E-state index is 6.15. The normalized spacial score (nSPS) is 10.8. The molecule has 0 fully saturated rings. The van der Waals surface area contributed by atoms with Gasteiger partial charge >= 0.3 is 0 Å². The first-order valence-electron chi connectivity index (χ1n) is 6.91. The molecular formula is C17H19BrClNO. The van der Waals surface area contributed by atoms with Crippen molar-refractivity contribution in [2.45, 2.75) is 33.4 Å². The van der Waals surface area contributed by atoms with Crippen LogP contribution in [0.5, 0.6) is 5.75 Å². The highest BCUT2D eigenvalue weighted by Crippen LogP contribution is 2.26. The topological polar surface area (TPSA) is 21.3 Å². The van der Waals surface area contributed by atoms with Gasteiger partial charge in [-0.15, -0.1) is 0 Å². The zero-order valence-electron chi connectivity index (χ0n) is 12.4. The molecule has 0 amide bonds. The van der Waals surface area contributed by atoms with E-state index in [1.165, 1.54) is 0 Å².